The molecule has 0 saturated carbocycles. The van der Waals surface area contributed by atoms with E-state index in [2.05, 4.69) is 44.5 Å². The molecule has 0 radical (unpaired) electrons. The molecule has 6 nitrogen and oxygen atoms in total. The third-order valence-corrected chi connectivity index (χ3v) is 4.67. The summed E-state index contributed by atoms with van der Waals surface area (Å²) in [7, 11) is 1.60. The van der Waals surface area contributed by atoms with Crippen LogP contribution < -0.4 is 9.47 Å². The van der Waals surface area contributed by atoms with Gasteiger partial charge < -0.3 is 9.47 Å². The SMILES string of the molecule is C=CCOc1c(I)cc(/C=N\n2c(-c3ccccc3)n[nH]c2=S)cc1OC. The third kappa shape index (κ3) is 4.45. The molecule has 0 aliphatic rings. The van der Waals surface area contributed by atoms with Gasteiger partial charge in [0.2, 0.25) is 4.77 Å². The topological polar surface area (TPSA) is 64.4 Å². The Morgan fingerprint density at radius 2 is 2.11 bits per heavy atom. The average Bonchev–Trinajstić information content (AvgIpc) is 3.06. The van der Waals surface area contributed by atoms with Crippen molar-refractivity contribution in [1.82, 2.24) is 14.9 Å². The molecule has 0 unspecified atom stereocenters. The van der Waals surface area contributed by atoms with E-state index >= 15 is 0 Å². The van der Waals surface area contributed by atoms with Gasteiger partial charge in [-0.25, -0.2) is 5.10 Å². The summed E-state index contributed by atoms with van der Waals surface area (Å²) in [6, 6.07) is 13.5. The zero-order chi connectivity index (χ0) is 19.2. The molecule has 2 aromatic carbocycles. The van der Waals surface area contributed by atoms with E-state index in [1.54, 1.807) is 24.1 Å². The molecule has 0 bridgehead atoms. The molecule has 0 spiro atoms. The van der Waals surface area contributed by atoms with E-state index in [4.69, 9.17) is 21.7 Å². The van der Waals surface area contributed by atoms with Gasteiger partial charge in [-0.2, -0.15) is 14.9 Å². The Morgan fingerprint density at radius 1 is 1.33 bits per heavy atom. The number of H-pyrrole nitrogens is 1. The lowest BCUT2D eigenvalue weighted by molar-refractivity contribution is 0.324. The van der Waals surface area contributed by atoms with Crippen molar-refractivity contribution in [2.24, 2.45) is 5.10 Å². The van der Waals surface area contributed by atoms with Crippen LogP contribution in [0.1, 0.15) is 5.56 Å². The van der Waals surface area contributed by atoms with Gasteiger partial charge in [0, 0.05) is 5.56 Å². The smallest absolute Gasteiger partial charge is 0.216 e. The molecule has 1 heterocycles. The molecule has 0 atom stereocenters. The number of aromatic nitrogens is 3. The molecule has 0 aliphatic carbocycles. The standard InChI is InChI=1S/C19H17IN4O2S/c1-3-9-26-17-15(20)10-13(11-16(17)25-2)12-21-24-18(22-23-19(24)27)14-7-5-4-6-8-14/h3-8,10-12H,1,9H2,2H3,(H,23,27)/b21-12-. The number of hydrogen-bond acceptors (Lipinski definition) is 5. The monoisotopic (exact) mass is 492 g/mol. The summed E-state index contributed by atoms with van der Waals surface area (Å²) >= 11 is 7.51. The van der Waals surface area contributed by atoms with Crippen LogP contribution in [0.5, 0.6) is 11.5 Å². The van der Waals surface area contributed by atoms with Crippen molar-refractivity contribution in [2.75, 3.05) is 13.7 Å². The second-order valence-corrected chi connectivity index (χ2v) is 6.96. The summed E-state index contributed by atoms with van der Waals surface area (Å²) in [5.74, 6) is 1.95. The number of methoxy groups -OCH3 is 1. The molecule has 3 aromatic rings. The number of rotatable bonds is 7. The van der Waals surface area contributed by atoms with Gasteiger partial charge in [0.25, 0.3) is 0 Å². The first kappa shape index (κ1) is 19.3. The predicted molar refractivity (Wildman–Crippen MR) is 117 cm³/mol. The van der Waals surface area contributed by atoms with Crippen LogP contribution in [-0.2, 0) is 0 Å². The molecule has 0 saturated heterocycles. The highest BCUT2D eigenvalue weighted by molar-refractivity contribution is 14.1. The number of halogens is 1. The van der Waals surface area contributed by atoms with Crippen molar-refractivity contribution < 1.29 is 9.47 Å². The second-order valence-electron chi connectivity index (χ2n) is 5.41. The molecule has 0 aliphatic heterocycles. The van der Waals surface area contributed by atoms with E-state index in [1.807, 2.05) is 42.5 Å². The Bertz CT molecular complexity index is 1030. The zero-order valence-electron chi connectivity index (χ0n) is 14.6. The van der Waals surface area contributed by atoms with Crippen molar-refractivity contribution in [3.63, 3.8) is 0 Å². The molecule has 1 N–H and O–H groups in total. The average molecular weight is 492 g/mol. The molecule has 138 valence electrons. The van der Waals surface area contributed by atoms with Gasteiger partial charge in [0.1, 0.15) is 6.61 Å². The van der Waals surface area contributed by atoms with Crippen molar-refractivity contribution in [1.29, 1.82) is 0 Å². The van der Waals surface area contributed by atoms with E-state index in [0.29, 0.717) is 28.7 Å². The van der Waals surface area contributed by atoms with Crippen molar-refractivity contribution in [3.8, 4) is 22.9 Å². The van der Waals surface area contributed by atoms with Gasteiger partial charge in [-0.15, -0.1) is 0 Å². The van der Waals surface area contributed by atoms with Crippen LogP contribution in [0.3, 0.4) is 0 Å². The largest absolute Gasteiger partial charge is 0.493 e. The highest BCUT2D eigenvalue weighted by Gasteiger charge is 2.11. The zero-order valence-corrected chi connectivity index (χ0v) is 17.5. The minimum atomic E-state index is 0.407. The maximum absolute atomic E-state index is 5.68. The lowest BCUT2D eigenvalue weighted by atomic mass is 10.2. The van der Waals surface area contributed by atoms with Gasteiger partial charge in [0.15, 0.2) is 17.3 Å². The number of aromatic amines is 1. The Morgan fingerprint density at radius 3 is 2.81 bits per heavy atom. The predicted octanol–water partition coefficient (Wildman–Crippen LogP) is 4.67. The van der Waals surface area contributed by atoms with E-state index in [-0.39, 0.29) is 0 Å². The molecule has 0 fully saturated rings. The molecule has 3 rings (SSSR count). The lowest BCUT2D eigenvalue weighted by Gasteiger charge is -2.12. The number of hydrogen-bond donors (Lipinski definition) is 1. The maximum Gasteiger partial charge on any atom is 0.216 e. The molecule has 0 amide bonds. The molecular weight excluding hydrogens is 475 g/mol. The Labute approximate surface area is 175 Å². The Balaban J connectivity index is 1.96. The normalized spacial score (nSPS) is 10.9. The molecule has 1 aromatic heterocycles. The van der Waals surface area contributed by atoms with Crippen molar-refractivity contribution in [2.45, 2.75) is 0 Å². The molecule has 27 heavy (non-hydrogen) atoms. The summed E-state index contributed by atoms with van der Waals surface area (Å²) in [5.41, 5.74) is 1.77. The van der Waals surface area contributed by atoms with E-state index < -0.39 is 0 Å². The van der Waals surface area contributed by atoms with E-state index in [1.165, 1.54) is 0 Å². The van der Waals surface area contributed by atoms with Gasteiger partial charge in [-0.1, -0.05) is 43.0 Å². The van der Waals surface area contributed by atoms with Crippen molar-refractivity contribution in [3.05, 3.63) is 69.0 Å². The summed E-state index contributed by atoms with van der Waals surface area (Å²) < 4.78 is 14.0. The molecular formula is C19H17IN4O2S. The minimum absolute atomic E-state index is 0.407. The number of ether oxygens (including phenoxy) is 2. The fraction of sp³-hybridized carbons (Fsp3) is 0.105. The number of nitrogens with zero attached hydrogens (tertiary/aromatic N) is 3. The molecule has 8 heteroatoms. The first-order valence-electron chi connectivity index (χ1n) is 8.02. The Hall–Kier alpha value is -2.46. The maximum atomic E-state index is 5.68. The van der Waals surface area contributed by atoms with Crippen LogP contribution in [0.2, 0.25) is 0 Å². The highest BCUT2D eigenvalue weighted by Crippen LogP contribution is 2.33. The van der Waals surface area contributed by atoms with Crippen LogP contribution in [-0.4, -0.2) is 34.8 Å². The quantitative estimate of drug-likeness (QED) is 0.226. The van der Waals surface area contributed by atoms with Gasteiger partial charge in [-0.05, 0) is 52.5 Å². The fourth-order valence-electron chi connectivity index (χ4n) is 2.39. The van der Waals surface area contributed by atoms with Crippen LogP contribution in [0.15, 0.2) is 60.2 Å². The number of nitrogens with one attached hydrogen (secondary N) is 1. The summed E-state index contributed by atoms with van der Waals surface area (Å²) in [5, 5.41) is 11.6. The number of benzene rings is 2. The first-order chi connectivity index (χ1) is 13.1. The second kappa shape index (κ2) is 8.96. The lowest BCUT2D eigenvalue weighted by Crippen LogP contribution is -2.00. The van der Waals surface area contributed by atoms with Gasteiger partial charge >= 0.3 is 0 Å². The first-order valence-corrected chi connectivity index (χ1v) is 9.51. The summed E-state index contributed by atoms with van der Waals surface area (Å²) in [6.45, 7) is 4.07. The van der Waals surface area contributed by atoms with Crippen LogP contribution in [0.25, 0.3) is 11.4 Å². The van der Waals surface area contributed by atoms with Crippen molar-refractivity contribution >= 4 is 41.0 Å². The van der Waals surface area contributed by atoms with Crippen LogP contribution in [0.4, 0.5) is 0 Å². The minimum Gasteiger partial charge on any atom is -0.493 e. The van der Waals surface area contributed by atoms with E-state index in [9.17, 15) is 0 Å². The fourth-order valence-corrected chi connectivity index (χ4v) is 3.35. The summed E-state index contributed by atoms with van der Waals surface area (Å²) in [6.07, 6.45) is 3.40. The summed E-state index contributed by atoms with van der Waals surface area (Å²) in [4.78, 5) is 0. The van der Waals surface area contributed by atoms with Gasteiger partial charge in [-0.3, -0.25) is 0 Å². The van der Waals surface area contributed by atoms with Crippen LogP contribution >= 0.6 is 34.8 Å². The van der Waals surface area contributed by atoms with Crippen LogP contribution in [0, 0.1) is 8.34 Å². The highest BCUT2D eigenvalue weighted by atomic mass is 127. The Kier molecular flexibility index (Phi) is 6.40. The van der Waals surface area contributed by atoms with Gasteiger partial charge in [0.05, 0.1) is 16.9 Å². The third-order valence-electron chi connectivity index (χ3n) is 3.60. The van der Waals surface area contributed by atoms with E-state index in [0.717, 1.165) is 14.7 Å².